The summed E-state index contributed by atoms with van der Waals surface area (Å²) in [5.74, 6) is -0.475. The van der Waals surface area contributed by atoms with Crippen molar-refractivity contribution in [3.05, 3.63) is 57.4 Å². The minimum atomic E-state index is -3.91. The number of hydrogen-bond donors (Lipinski definition) is 1. The van der Waals surface area contributed by atoms with Gasteiger partial charge in [0.2, 0.25) is 0 Å². The maximum atomic E-state index is 12.9. The van der Waals surface area contributed by atoms with Crippen LogP contribution in [0, 0.1) is 0 Å². The molecule has 2 heterocycles. The van der Waals surface area contributed by atoms with Gasteiger partial charge in [-0.3, -0.25) is 18.4 Å². The van der Waals surface area contributed by atoms with Gasteiger partial charge in [-0.1, -0.05) is 6.92 Å². The average Bonchev–Trinajstić information content (AvgIpc) is 3.10. The van der Waals surface area contributed by atoms with Crippen LogP contribution in [-0.4, -0.2) is 22.1 Å². The van der Waals surface area contributed by atoms with Crippen LogP contribution in [0.1, 0.15) is 13.3 Å². The third-order valence-corrected chi connectivity index (χ3v) is 6.30. The Bertz CT molecular complexity index is 1470. The number of oxazole rings is 1. The monoisotopic (exact) mass is 416 g/mol. The van der Waals surface area contributed by atoms with Crippen LogP contribution >= 0.6 is 0 Å². The maximum Gasteiger partial charge on any atom is 0.419 e. The zero-order valence-corrected chi connectivity index (χ0v) is 17.0. The Morgan fingerprint density at radius 2 is 1.66 bits per heavy atom. The lowest BCUT2D eigenvalue weighted by Gasteiger charge is -2.09. The van der Waals surface area contributed by atoms with E-state index in [1.54, 1.807) is 32.3 Å². The van der Waals surface area contributed by atoms with Gasteiger partial charge >= 0.3 is 11.4 Å². The molecule has 0 radical (unpaired) electrons. The summed E-state index contributed by atoms with van der Waals surface area (Å²) in [4.78, 5) is 24.0. The minimum absolute atomic E-state index is 0.0244. The second-order valence-corrected chi connectivity index (χ2v) is 8.54. The van der Waals surface area contributed by atoms with Crippen molar-refractivity contribution in [3.63, 3.8) is 0 Å². The Labute approximate surface area is 165 Å². The van der Waals surface area contributed by atoms with Crippen LogP contribution in [0.4, 0.5) is 5.69 Å². The lowest BCUT2D eigenvalue weighted by Crippen LogP contribution is -2.19. The van der Waals surface area contributed by atoms with E-state index in [-0.39, 0.29) is 16.3 Å². The van der Waals surface area contributed by atoms with E-state index in [2.05, 4.69) is 4.72 Å². The molecule has 0 spiro atoms. The summed E-state index contributed by atoms with van der Waals surface area (Å²) < 4.78 is 37.8. The molecule has 0 saturated carbocycles. The molecule has 0 unspecified atom stereocenters. The van der Waals surface area contributed by atoms with Crippen molar-refractivity contribution in [1.29, 1.82) is 0 Å². The van der Waals surface area contributed by atoms with Crippen LogP contribution in [0.25, 0.3) is 22.1 Å². The fourth-order valence-electron chi connectivity index (χ4n) is 3.43. The number of anilines is 1. The van der Waals surface area contributed by atoms with Gasteiger partial charge in [0.25, 0.3) is 10.0 Å². The van der Waals surface area contributed by atoms with E-state index >= 15 is 0 Å². The topological polar surface area (TPSA) is 108 Å². The summed E-state index contributed by atoms with van der Waals surface area (Å²) in [6.45, 7) is 2.47. The van der Waals surface area contributed by atoms with Crippen LogP contribution in [0.5, 0.6) is 0 Å². The fourth-order valence-corrected chi connectivity index (χ4v) is 4.50. The molecule has 10 heteroatoms. The van der Waals surface area contributed by atoms with E-state index in [9.17, 15) is 18.0 Å². The number of sulfonamides is 1. The predicted molar refractivity (Wildman–Crippen MR) is 110 cm³/mol. The summed E-state index contributed by atoms with van der Waals surface area (Å²) in [6, 6.07) is 9.21. The van der Waals surface area contributed by atoms with E-state index in [0.29, 0.717) is 28.7 Å². The highest BCUT2D eigenvalue weighted by atomic mass is 32.2. The molecule has 0 bridgehead atoms. The Hall–Kier alpha value is -3.27. The van der Waals surface area contributed by atoms with Crippen LogP contribution in [-0.2, 0) is 30.7 Å². The number of nitrogens with one attached hydrogen (secondary N) is 1. The normalized spacial score (nSPS) is 12.1. The lowest BCUT2D eigenvalue weighted by molar-refractivity contribution is 0.502. The van der Waals surface area contributed by atoms with E-state index in [4.69, 9.17) is 4.42 Å². The SMILES string of the molecule is CCCn1c(=O)oc2cc(NS(=O)(=O)c3ccc4c(c3)n(C)c(=O)n4C)ccc21. The van der Waals surface area contributed by atoms with Gasteiger partial charge in [0.05, 0.1) is 27.1 Å². The molecule has 4 aromatic rings. The van der Waals surface area contributed by atoms with Crippen molar-refractivity contribution in [2.24, 2.45) is 14.1 Å². The molecule has 2 aromatic carbocycles. The number of hydrogen-bond acceptors (Lipinski definition) is 5. The molecule has 29 heavy (non-hydrogen) atoms. The van der Waals surface area contributed by atoms with Crippen molar-refractivity contribution in [1.82, 2.24) is 13.7 Å². The Kier molecular flexibility index (Phi) is 4.38. The number of aryl methyl sites for hydroxylation is 3. The van der Waals surface area contributed by atoms with Crippen molar-refractivity contribution < 1.29 is 12.8 Å². The van der Waals surface area contributed by atoms with Gasteiger partial charge < -0.3 is 4.42 Å². The lowest BCUT2D eigenvalue weighted by atomic mass is 10.3. The second-order valence-electron chi connectivity index (χ2n) is 6.86. The number of benzene rings is 2. The second kappa shape index (κ2) is 6.66. The average molecular weight is 416 g/mol. The molecule has 2 aromatic heterocycles. The Balaban J connectivity index is 1.73. The number of fused-ring (bicyclic) bond motifs is 2. The Morgan fingerprint density at radius 3 is 2.38 bits per heavy atom. The fraction of sp³-hybridized carbons (Fsp3) is 0.263. The first-order valence-electron chi connectivity index (χ1n) is 9.04. The molecule has 0 aliphatic rings. The zero-order chi connectivity index (χ0) is 20.9. The van der Waals surface area contributed by atoms with Gasteiger partial charge in [0, 0.05) is 26.7 Å². The van der Waals surface area contributed by atoms with Crippen LogP contribution in [0.3, 0.4) is 0 Å². The molecule has 0 fully saturated rings. The molecule has 0 aliphatic carbocycles. The molecule has 0 amide bonds. The molecule has 4 rings (SSSR count). The van der Waals surface area contributed by atoms with Gasteiger partial charge in [0.15, 0.2) is 5.58 Å². The predicted octanol–water partition coefficient (Wildman–Crippen LogP) is 2.00. The molecular weight excluding hydrogens is 396 g/mol. The summed E-state index contributed by atoms with van der Waals surface area (Å²) in [7, 11) is -0.690. The van der Waals surface area contributed by atoms with Crippen LogP contribution < -0.4 is 16.2 Å². The van der Waals surface area contributed by atoms with Crippen molar-refractivity contribution in [2.75, 3.05) is 4.72 Å². The molecule has 0 aliphatic heterocycles. The molecule has 9 nitrogen and oxygen atoms in total. The molecule has 0 atom stereocenters. The third-order valence-electron chi connectivity index (χ3n) is 4.92. The molecule has 1 N–H and O–H groups in total. The van der Waals surface area contributed by atoms with E-state index in [1.165, 1.54) is 31.9 Å². The molecule has 0 saturated heterocycles. The van der Waals surface area contributed by atoms with Gasteiger partial charge in [-0.15, -0.1) is 0 Å². The van der Waals surface area contributed by atoms with E-state index < -0.39 is 15.8 Å². The first-order chi connectivity index (χ1) is 13.7. The van der Waals surface area contributed by atoms with Crippen molar-refractivity contribution >= 4 is 37.8 Å². The third kappa shape index (κ3) is 3.05. The Morgan fingerprint density at radius 1 is 0.966 bits per heavy atom. The largest absolute Gasteiger partial charge is 0.419 e. The summed E-state index contributed by atoms with van der Waals surface area (Å²) >= 11 is 0. The summed E-state index contributed by atoms with van der Waals surface area (Å²) in [5.41, 5.74) is 2.11. The van der Waals surface area contributed by atoms with Gasteiger partial charge in [-0.05, 0) is 36.8 Å². The zero-order valence-electron chi connectivity index (χ0n) is 16.2. The maximum absolute atomic E-state index is 12.9. The van der Waals surface area contributed by atoms with Crippen molar-refractivity contribution in [3.8, 4) is 0 Å². The first-order valence-corrected chi connectivity index (χ1v) is 10.5. The smallest absolute Gasteiger partial charge is 0.408 e. The minimum Gasteiger partial charge on any atom is -0.408 e. The number of aromatic nitrogens is 3. The van der Waals surface area contributed by atoms with Crippen molar-refractivity contribution in [2.45, 2.75) is 24.8 Å². The highest BCUT2D eigenvalue weighted by Gasteiger charge is 2.18. The van der Waals surface area contributed by atoms with E-state index in [1.807, 2.05) is 6.92 Å². The quantitative estimate of drug-likeness (QED) is 0.535. The highest BCUT2D eigenvalue weighted by Crippen LogP contribution is 2.23. The van der Waals surface area contributed by atoms with Crippen LogP contribution in [0.2, 0.25) is 0 Å². The molecular formula is C19H20N4O5S. The molecule has 152 valence electrons. The van der Waals surface area contributed by atoms with Gasteiger partial charge in [-0.25, -0.2) is 18.0 Å². The summed E-state index contributed by atoms with van der Waals surface area (Å²) in [5, 5.41) is 0. The number of nitrogens with zero attached hydrogens (tertiary/aromatic N) is 3. The summed E-state index contributed by atoms with van der Waals surface area (Å²) in [6.07, 6.45) is 0.771. The standard InChI is InChI=1S/C19H20N4O5S/c1-4-9-23-15-7-5-12(10-17(15)28-19(23)25)20-29(26,27)13-6-8-14-16(11-13)22(3)18(24)21(14)2/h5-8,10-11,20H,4,9H2,1-3H3. The first kappa shape index (κ1) is 19.1. The highest BCUT2D eigenvalue weighted by molar-refractivity contribution is 7.92. The number of imidazole rings is 1. The van der Waals surface area contributed by atoms with Gasteiger partial charge in [-0.2, -0.15) is 0 Å². The van der Waals surface area contributed by atoms with E-state index in [0.717, 1.165) is 6.42 Å². The van der Waals surface area contributed by atoms with Crippen LogP contribution in [0.15, 0.2) is 55.3 Å². The number of rotatable bonds is 5. The van der Waals surface area contributed by atoms with Gasteiger partial charge in [0.1, 0.15) is 0 Å².